The molecular weight excluding hydrogens is 428 g/mol. The van der Waals surface area contributed by atoms with E-state index in [9.17, 15) is 5.26 Å². The van der Waals surface area contributed by atoms with E-state index in [0.29, 0.717) is 27.1 Å². The average molecular weight is 445 g/mol. The second-order valence-corrected chi connectivity index (χ2v) is 8.58. The Bertz CT molecular complexity index is 1290. The van der Waals surface area contributed by atoms with Gasteiger partial charge in [-0.15, -0.1) is 11.8 Å². The highest BCUT2D eigenvalue weighted by molar-refractivity contribution is 7.98. The van der Waals surface area contributed by atoms with Gasteiger partial charge in [-0.2, -0.15) is 5.26 Å². The SMILES string of the molecule is N#Cc1c(SCc2ccc(Cl)cc2)nc2c(c1-c1ccco1)CC/C2=C\c1ccco1. The minimum Gasteiger partial charge on any atom is -0.465 e. The highest BCUT2D eigenvalue weighted by atomic mass is 35.5. The Morgan fingerprint density at radius 1 is 1.06 bits per heavy atom. The van der Waals surface area contributed by atoms with Gasteiger partial charge >= 0.3 is 0 Å². The highest BCUT2D eigenvalue weighted by Gasteiger charge is 2.28. The first-order valence-corrected chi connectivity index (χ1v) is 11.2. The number of furan rings is 2. The molecule has 0 radical (unpaired) electrons. The molecule has 1 aromatic carbocycles. The van der Waals surface area contributed by atoms with Gasteiger partial charge in [0.25, 0.3) is 0 Å². The van der Waals surface area contributed by atoms with Crippen LogP contribution in [0.4, 0.5) is 0 Å². The van der Waals surface area contributed by atoms with Gasteiger partial charge < -0.3 is 8.83 Å². The second-order valence-electron chi connectivity index (χ2n) is 7.18. The third-order valence-electron chi connectivity index (χ3n) is 5.24. The van der Waals surface area contributed by atoms with E-state index in [2.05, 4.69) is 6.07 Å². The number of rotatable bonds is 5. The number of thioether (sulfide) groups is 1. The van der Waals surface area contributed by atoms with Crippen LogP contribution in [-0.2, 0) is 12.2 Å². The summed E-state index contributed by atoms with van der Waals surface area (Å²) in [6.07, 6.45) is 6.98. The molecule has 0 bridgehead atoms. The van der Waals surface area contributed by atoms with Gasteiger partial charge in [0.15, 0.2) is 0 Å². The average Bonchev–Trinajstić information content (AvgIpc) is 3.56. The summed E-state index contributed by atoms with van der Waals surface area (Å²) in [5.74, 6) is 2.18. The van der Waals surface area contributed by atoms with Crippen molar-refractivity contribution < 1.29 is 8.83 Å². The van der Waals surface area contributed by atoms with Gasteiger partial charge in [-0.3, -0.25) is 0 Å². The third-order valence-corrected chi connectivity index (χ3v) is 6.54. The van der Waals surface area contributed by atoms with Crippen molar-refractivity contribution in [1.82, 2.24) is 4.98 Å². The normalized spacial score (nSPS) is 14.0. The summed E-state index contributed by atoms with van der Waals surface area (Å²) in [6, 6.07) is 17.7. The fraction of sp³-hybridized carbons (Fsp3) is 0.120. The van der Waals surface area contributed by atoms with Crippen molar-refractivity contribution in [3.63, 3.8) is 0 Å². The number of halogens is 1. The Morgan fingerprint density at radius 2 is 1.87 bits per heavy atom. The van der Waals surface area contributed by atoms with Crippen LogP contribution in [0.1, 0.15) is 34.6 Å². The molecule has 0 fully saturated rings. The molecule has 4 aromatic rings. The molecule has 0 atom stereocenters. The van der Waals surface area contributed by atoms with Crippen molar-refractivity contribution >= 4 is 35.0 Å². The van der Waals surface area contributed by atoms with Gasteiger partial charge in [-0.25, -0.2) is 4.98 Å². The molecule has 0 amide bonds. The molecule has 0 saturated heterocycles. The fourth-order valence-corrected chi connectivity index (χ4v) is 4.88. The van der Waals surface area contributed by atoms with Crippen molar-refractivity contribution in [2.24, 2.45) is 0 Å². The maximum absolute atomic E-state index is 10.0. The van der Waals surface area contributed by atoms with E-state index in [4.69, 9.17) is 25.4 Å². The zero-order valence-electron chi connectivity index (χ0n) is 16.5. The number of aromatic nitrogens is 1. The van der Waals surface area contributed by atoms with Gasteiger partial charge in [0.05, 0.1) is 23.8 Å². The standard InChI is InChI=1S/C25H17ClN2O2S/c26-18-8-5-16(6-9-18)15-31-25-21(14-27)23(22-4-2-12-30-22)20-10-7-17(24(20)28-25)13-19-3-1-11-29-19/h1-6,8-9,11-13H,7,10,15H2/b17-13+. The molecule has 6 heteroatoms. The van der Waals surface area contributed by atoms with Gasteiger partial charge in [-0.1, -0.05) is 23.7 Å². The van der Waals surface area contributed by atoms with Crippen LogP contribution in [0.25, 0.3) is 23.0 Å². The first kappa shape index (κ1) is 19.7. The molecule has 31 heavy (non-hydrogen) atoms. The maximum Gasteiger partial charge on any atom is 0.135 e. The summed E-state index contributed by atoms with van der Waals surface area (Å²) in [7, 11) is 0. The van der Waals surface area contributed by atoms with Crippen LogP contribution in [0.5, 0.6) is 0 Å². The van der Waals surface area contributed by atoms with Crippen molar-refractivity contribution in [2.75, 3.05) is 0 Å². The van der Waals surface area contributed by atoms with Crippen molar-refractivity contribution in [1.29, 1.82) is 5.26 Å². The molecule has 0 unspecified atom stereocenters. The van der Waals surface area contributed by atoms with Crippen molar-refractivity contribution in [3.8, 4) is 17.4 Å². The molecule has 0 saturated carbocycles. The minimum atomic E-state index is 0.562. The number of benzene rings is 1. The molecule has 1 aliphatic rings. The summed E-state index contributed by atoms with van der Waals surface area (Å²) >= 11 is 7.56. The van der Waals surface area contributed by atoms with Crippen LogP contribution >= 0.6 is 23.4 Å². The van der Waals surface area contributed by atoms with Crippen LogP contribution in [0, 0.1) is 11.3 Å². The lowest BCUT2D eigenvalue weighted by molar-refractivity contribution is 0.557. The predicted octanol–water partition coefficient (Wildman–Crippen LogP) is 7.24. The van der Waals surface area contributed by atoms with E-state index >= 15 is 0 Å². The highest BCUT2D eigenvalue weighted by Crippen LogP contribution is 2.43. The van der Waals surface area contributed by atoms with E-state index in [1.54, 1.807) is 24.3 Å². The summed E-state index contributed by atoms with van der Waals surface area (Å²) < 4.78 is 11.2. The smallest absolute Gasteiger partial charge is 0.135 e. The number of allylic oxidation sites excluding steroid dienone is 1. The fourth-order valence-electron chi connectivity index (χ4n) is 3.81. The quantitative estimate of drug-likeness (QED) is 0.303. The Morgan fingerprint density at radius 3 is 2.58 bits per heavy atom. The summed E-state index contributed by atoms with van der Waals surface area (Å²) in [6.45, 7) is 0. The molecule has 3 aromatic heterocycles. The van der Waals surface area contributed by atoms with Crippen molar-refractivity contribution in [3.05, 3.63) is 94.2 Å². The molecule has 0 aliphatic heterocycles. The number of hydrogen-bond acceptors (Lipinski definition) is 5. The van der Waals surface area contributed by atoms with Crippen LogP contribution in [0.3, 0.4) is 0 Å². The zero-order chi connectivity index (χ0) is 21.2. The van der Waals surface area contributed by atoms with Gasteiger partial charge in [0.1, 0.15) is 22.6 Å². The lowest BCUT2D eigenvalue weighted by Crippen LogP contribution is -2.00. The molecule has 3 heterocycles. The number of hydrogen-bond donors (Lipinski definition) is 0. The predicted molar refractivity (Wildman–Crippen MR) is 123 cm³/mol. The number of nitriles is 1. The van der Waals surface area contributed by atoms with Gasteiger partial charge in [0, 0.05) is 16.3 Å². The molecule has 0 spiro atoms. The second kappa shape index (κ2) is 8.50. The van der Waals surface area contributed by atoms with Crippen molar-refractivity contribution in [2.45, 2.75) is 23.6 Å². The monoisotopic (exact) mass is 444 g/mol. The van der Waals surface area contributed by atoms with E-state index in [1.807, 2.05) is 54.6 Å². The molecule has 4 nitrogen and oxygen atoms in total. The lowest BCUT2D eigenvalue weighted by Gasteiger charge is -2.13. The Balaban J connectivity index is 1.61. The summed E-state index contributed by atoms with van der Waals surface area (Å²) in [5, 5.41) is 11.5. The maximum atomic E-state index is 10.0. The third kappa shape index (κ3) is 3.93. The topological polar surface area (TPSA) is 63.0 Å². The van der Waals surface area contributed by atoms with Gasteiger partial charge in [0.2, 0.25) is 0 Å². The van der Waals surface area contributed by atoms with Crippen LogP contribution in [0.15, 0.2) is 74.9 Å². The van der Waals surface area contributed by atoms with E-state index in [0.717, 1.165) is 46.6 Å². The Kier molecular flexibility index (Phi) is 5.42. The summed E-state index contributed by atoms with van der Waals surface area (Å²) in [4.78, 5) is 4.95. The zero-order valence-corrected chi connectivity index (χ0v) is 18.0. The Hall–Kier alpha value is -3.20. The van der Waals surface area contributed by atoms with Crippen LogP contribution < -0.4 is 0 Å². The van der Waals surface area contributed by atoms with E-state index in [1.165, 1.54) is 0 Å². The van der Waals surface area contributed by atoms with Crippen LogP contribution in [-0.4, -0.2) is 4.98 Å². The molecule has 5 rings (SSSR count). The van der Waals surface area contributed by atoms with Crippen LogP contribution in [0.2, 0.25) is 5.02 Å². The van der Waals surface area contributed by atoms with E-state index in [-0.39, 0.29) is 0 Å². The lowest BCUT2D eigenvalue weighted by atomic mass is 10.00. The first-order chi connectivity index (χ1) is 15.2. The number of fused-ring (bicyclic) bond motifs is 1. The largest absolute Gasteiger partial charge is 0.465 e. The molecule has 1 aliphatic carbocycles. The van der Waals surface area contributed by atoms with E-state index < -0.39 is 0 Å². The summed E-state index contributed by atoms with van der Waals surface area (Å²) in [5.41, 5.74) is 5.61. The van der Waals surface area contributed by atoms with Gasteiger partial charge in [-0.05, 0) is 72.0 Å². The molecule has 152 valence electrons. The first-order valence-electron chi connectivity index (χ1n) is 9.85. The number of nitrogens with zero attached hydrogens (tertiary/aromatic N) is 2. The Labute approximate surface area is 189 Å². The molecule has 0 N–H and O–H groups in total. The minimum absolute atomic E-state index is 0.562. The number of pyridine rings is 1. The molecular formula is C25H17ClN2O2S.